The van der Waals surface area contributed by atoms with E-state index in [-0.39, 0.29) is 37.3 Å². The van der Waals surface area contributed by atoms with Crippen LogP contribution in [-0.2, 0) is 35.3 Å². The average molecular weight is 577 g/mol. The molecule has 0 fully saturated rings. The number of anilines is 1. The molecule has 0 saturated heterocycles. The maximum Gasteiger partial charge on any atom is 0.410 e. The van der Waals surface area contributed by atoms with Crippen LogP contribution in [0.3, 0.4) is 0 Å². The Labute approximate surface area is 241 Å². The van der Waals surface area contributed by atoms with Crippen LogP contribution >= 0.6 is 0 Å². The number of nitrogens with one attached hydrogen (secondary N) is 4. The molecule has 0 aliphatic rings. The highest BCUT2D eigenvalue weighted by atomic mass is 16.6. The standard InChI is InChI=1S/C28H44N6O7/c1-18(2)24(33-22(36)9-7-6-8-14-30-17-35)27(39)31-15-23(37)32-21-12-10-20(11-13-21)16-41-28(40)34(5)25(19(3)4)26(29)38/h10-13,17-19,24-25H,6-9,14-16H2,1-5H3,(H2,29,38)(H,30,35)(H,31,39)(H,32,37)(H,33,36). The molecule has 1 aromatic rings. The number of hydrogen-bond acceptors (Lipinski definition) is 7. The molecular formula is C28H44N6O7. The number of carbonyl (C=O) groups is 6. The van der Waals surface area contributed by atoms with Crippen LogP contribution in [0.25, 0.3) is 0 Å². The van der Waals surface area contributed by atoms with Crippen molar-refractivity contribution < 1.29 is 33.5 Å². The van der Waals surface area contributed by atoms with Crippen LogP contribution in [0.5, 0.6) is 0 Å². The molecule has 6 N–H and O–H groups in total. The number of likely N-dealkylation sites (N-methyl/N-ethyl adjacent to an activating group) is 1. The third kappa shape index (κ3) is 13.2. The van der Waals surface area contributed by atoms with E-state index in [9.17, 15) is 28.8 Å². The van der Waals surface area contributed by atoms with E-state index in [0.29, 0.717) is 30.6 Å². The van der Waals surface area contributed by atoms with Gasteiger partial charge in [0.25, 0.3) is 0 Å². The molecule has 0 radical (unpaired) electrons. The van der Waals surface area contributed by atoms with Crippen molar-refractivity contribution in [2.75, 3.05) is 25.5 Å². The van der Waals surface area contributed by atoms with E-state index in [1.165, 1.54) is 11.9 Å². The predicted molar refractivity (Wildman–Crippen MR) is 153 cm³/mol. The van der Waals surface area contributed by atoms with Crippen molar-refractivity contribution in [1.82, 2.24) is 20.9 Å². The van der Waals surface area contributed by atoms with E-state index in [1.807, 2.05) is 0 Å². The van der Waals surface area contributed by atoms with Gasteiger partial charge in [-0.2, -0.15) is 0 Å². The van der Waals surface area contributed by atoms with Crippen molar-refractivity contribution in [3.63, 3.8) is 0 Å². The smallest absolute Gasteiger partial charge is 0.410 e. The largest absolute Gasteiger partial charge is 0.445 e. The molecule has 0 saturated carbocycles. The third-order valence-corrected chi connectivity index (χ3v) is 6.23. The lowest BCUT2D eigenvalue weighted by molar-refractivity contribution is -0.130. The molecule has 0 aliphatic heterocycles. The minimum atomic E-state index is -0.791. The molecule has 2 atom stereocenters. The zero-order chi connectivity index (χ0) is 30.9. The molecule has 1 rings (SSSR count). The average Bonchev–Trinajstić information content (AvgIpc) is 2.91. The zero-order valence-electron chi connectivity index (χ0n) is 24.5. The summed E-state index contributed by atoms with van der Waals surface area (Å²) in [6.45, 7) is 7.38. The van der Waals surface area contributed by atoms with E-state index in [4.69, 9.17) is 10.5 Å². The Kier molecular flexibility index (Phi) is 15.5. The molecule has 0 heterocycles. The minimum Gasteiger partial charge on any atom is -0.445 e. The fraction of sp³-hybridized carbons (Fsp3) is 0.571. The first-order chi connectivity index (χ1) is 19.4. The molecule has 13 heteroatoms. The molecule has 13 nitrogen and oxygen atoms in total. The number of ether oxygens (including phenoxy) is 1. The van der Waals surface area contributed by atoms with Crippen LogP contribution in [-0.4, -0.2) is 73.3 Å². The number of primary amides is 1. The number of rotatable bonds is 18. The molecule has 0 aromatic heterocycles. The maximum absolute atomic E-state index is 12.6. The van der Waals surface area contributed by atoms with Crippen LogP contribution in [0.4, 0.5) is 10.5 Å². The van der Waals surface area contributed by atoms with Crippen molar-refractivity contribution in [1.29, 1.82) is 0 Å². The van der Waals surface area contributed by atoms with E-state index in [1.54, 1.807) is 52.0 Å². The van der Waals surface area contributed by atoms with Crippen LogP contribution < -0.4 is 27.0 Å². The number of carbonyl (C=O) groups excluding carboxylic acids is 6. The molecule has 1 aromatic carbocycles. The van der Waals surface area contributed by atoms with Gasteiger partial charge in [-0.3, -0.25) is 28.9 Å². The number of hydrogen-bond donors (Lipinski definition) is 5. The highest BCUT2D eigenvalue weighted by Gasteiger charge is 2.29. The van der Waals surface area contributed by atoms with Crippen molar-refractivity contribution in [2.45, 2.75) is 72.1 Å². The van der Waals surface area contributed by atoms with Gasteiger partial charge in [-0.25, -0.2) is 4.79 Å². The fourth-order valence-corrected chi connectivity index (χ4v) is 4.02. The summed E-state index contributed by atoms with van der Waals surface area (Å²) >= 11 is 0. The second-order valence-corrected chi connectivity index (χ2v) is 10.4. The van der Waals surface area contributed by atoms with Crippen LogP contribution in [0.15, 0.2) is 24.3 Å². The molecule has 6 amide bonds. The fourth-order valence-electron chi connectivity index (χ4n) is 4.02. The van der Waals surface area contributed by atoms with Crippen molar-refractivity contribution in [3.05, 3.63) is 29.8 Å². The van der Waals surface area contributed by atoms with E-state index >= 15 is 0 Å². The second-order valence-electron chi connectivity index (χ2n) is 10.4. The number of benzene rings is 1. The van der Waals surface area contributed by atoms with E-state index < -0.39 is 35.9 Å². The zero-order valence-corrected chi connectivity index (χ0v) is 24.5. The summed E-state index contributed by atoms with van der Waals surface area (Å²) in [5.74, 6) is -2.15. The van der Waals surface area contributed by atoms with Gasteiger partial charge in [-0.1, -0.05) is 46.2 Å². The second kappa shape index (κ2) is 18.2. The van der Waals surface area contributed by atoms with Crippen molar-refractivity contribution in [3.8, 4) is 0 Å². The first-order valence-electron chi connectivity index (χ1n) is 13.7. The quantitative estimate of drug-likeness (QED) is 0.128. The van der Waals surface area contributed by atoms with Crippen LogP contribution in [0.2, 0.25) is 0 Å². The van der Waals surface area contributed by atoms with Gasteiger partial charge < -0.3 is 31.7 Å². The van der Waals surface area contributed by atoms with Crippen molar-refractivity contribution >= 4 is 41.8 Å². The lowest BCUT2D eigenvalue weighted by atomic mass is 10.0. The Hall–Kier alpha value is -4.16. The summed E-state index contributed by atoms with van der Waals surface area (Å²) in [6.07, 6.45) is 2.37. The van der Waals surface area contributed by atoms with Gasteiger partial charge in [0.2, 0.25) is 30.0 Å². The van der Waals surface area contributed by atoms with E-state index in [0.717, 1.165) is 12.8 Å². The molecule has 2 unspecified atom stereocenters. The van der Waals surface area contributed by atoms with Gasteiger partial charge in [-0.15, -0.1) is 0 Å². The number of nitrogens with zero attached hydrogens (tertiary/aromatic N) is 1. The normalized spacial score (nSPS) is 12.2. The van der Waals surface area contributed by atoms with Gasteiger partial charge in [0.05, 0.1) is 6.54 Å². The monoisotopic (exact) mass is 576 g/mol. The van der Waals surface area contributed by atoms with Gasteiger partial charge in [-0.05, 0) is 42.4 Å². The summed E-state index contributed by atoms with van der Waals surface area (Å²) in [4.78, 5) is 72.6. The van der Waals surface area contributed by atoms with Crippen molar-refractivity contribution in [2.24, 2.45) is 17.6 Å². The highest BCUT2D eigenvalue weighted by Crippen LogP contribution is 2.14. The third-order valence-electron chi connectivity index (χ3n) is 6.23. The summed E-state index contributed by atoms with van der Waals surface area (Å²) in [7, 11) is 1.45. The van der Waals surface area contributed by atoms with Crippen LogP contribution in [0.1, 0.15) is 58.9 Å². The van der Waals surface area contributed by atoms with Gasteiger partial charge in [0, 0.05) is 25.7 Å². The first-order valence-corrected chi connectivity index (χ1v) is 13.7. The molecule has 0 spiro atoms. The number of nitrogens with two attached hydrogens (primary N) is 1. The maximum atomic E-state index is 12.6. The summed E-state index contributed by atoms with van der Waals surface area (Å²) in [5.41, 5.74) is 6.52. The lowest BCUT2D eigenvalue weighted by Gasteiger charge is -2.27. The van der Waals surface area contributed by atoms with Gasteiger partial charge >= 0.3 is 6.09 Å². The Balaban J connectivity index is 2.50. The molecule has 41 heavy (non-hydrogen) atoms. The summed E-state index contributed by atoms with van der Waals surface area (Å²) < 4.78 is 5.27. The molecule has 0 bridgehead atoms. The Morgan fingerprint density at radius 1 is 0.951 bits per heavy atom. The Morgan fingerprint density at radius 2 is 1.61 bits per heavy atom. The Morgan fingerprint density at radius 3 is 2.17 bits per heavy atom. The van der Waals surface area contributed by atoms with Gasteiger partial charge in [0.1, 0.15) is 18.7 Å². The molecule has 228 valence electrons. The predicted octanol–water partition coefficient (Wildman–Crippen LogP) is 1.27. The topological polar surface area (TPSA) is 189 Å². The summed E-state index contributed by atoms with van der Waals surface area (Å²) in [5, 5.41) is 10.5. The van der Waals surface area contributed by atoms with Crippen LogP contribution in [0, 0.1) is 11.8 Å². The lowest BCUT2D eigenvalue weighted by Crippen LogP contribution is -2.51. The molecule has 0 aliphatic carbocycles. The highest BCUT2D eigenvalue weighted by molar-refractivity contribution is 5.96. The Bertz CT molecular complexity index is 1030. The molecular weight excluding hydrogens is 532 g/mol. The SMILES string of the molecule is CC(C)C(NC(=O)CCCCCNC=O)C(=O)NCC(=O)Nc1ccc(COC(=O)N(C)C(C(N)=O)C(C)C)cc1. The minimum absolute atomic E-state index is 0.0449. The van der Waals surface area contributed by atoms with E-state index in [2.05, 4.69) is 21.3 Å². The number of unbranched alkanes of at least 4 members (excludes halogenated alkanes) is 2. The first kappa shape index (κ1) is 34.9. The summed E-state index contributed by atoms with van der Waals surface area (Å²) in [6, 6.07) is 5.00. The van der Waals surface area contributed by atoms with Gasteiger partial charge in [0.15, 0.2) is 0 Å². The number of amides is 6.